The second-order valence-corrected chi connectivity index (χ2v) is 5.58. The lowest BCUT2D eigenvalue weighted by Crippen LogP contribution is -2.27. The molecule has 0 saturated heterocycles. The molecular formula is C12H20N2O3S. The zero-order chi connectivity index (χ0) is 13.4. The Bertz CT molecular complexity index is 443. The fourth-order valence-electron chi connectivity index (χ4n) is 1.42. The van der Waals surface area contributed by atoms with Crippen molar-refractivity contribution in [1.29, 1.82) is 0 Å². The third-order valence-corrected chi connectivity index (χ3v) is 3.89. The van der Waals surface area contributed by atoms with Gasteiger partial charge in [0.25, 0.3) is 0 Å². The summed E-state index contributed by atoms with van der Waals surface area (Å²) in [6.07, 6.45) is 0. The molecular weight excluding hydrogens is 252 g/mol. The molecule has 0 atom stereocenters. The van der Waals surface area contributed by atoms with Gasteiger partial charge in [-0.25, -0.2) is 13.1 Å². The summed E-state index contributed by atoms with van der Waals surface area (Å²) in [6.45, 7) is 4.29. The van der Waals surface area contributed by atoms with Crippen LogP contribution in [0, 0.1) is 0 Å². The molecule has 6 heteroatoms. The van der Waals surface area contributed by atoms with E-state index in [2.05, 4.69) is 10.0 Å². The quantitative estimate of drug-likeness (QED) is 0.684. The van der Waals surface area contributed by atoms with Gasteiger partial charge in [0, 0.05) is 20.2 Å². The second-order valence-electron chi connectivity index (χ2n) is 3.81. The summed E-state index contributed by atoms with van der Waals surface area (Å²) >= 11 is 0. The average Bonchev–Trinajstić information content (AvgIpc) is 2.37. The maximum atomic E-state index is 11.9. The first-order valence-electron chi connectivity index (χ1n) is 5.88. The molecule has 0 aliphatic rings. The van der Waals surface area contributed by atoms with Crippen molar-refractivity contribution in [2.45, 2.75) is 18.4 Å². The highest BCUT2D eigenvalue weighted by molar-refractivity contribution is 7.89. The molecule has 0 spiro atoms. The molecule has 0 aliphatic carbocycles. The van der Waals surface area contributed by atoms with Crippen molar-refractivity contribution in [3.8, 4) is 0 Å². The molecule has 0 bridgehead atoms. The molecule has 0 radical (unpaired) electrons. The lowest BCUT2D eigenvalue weighted by atomic mass is 10.2. The van der Waals surface area contributed by atoms with Crippen LogP contribution in [0.1, 0.15) is 12.5 Å². The fraction of sp³-hybridized carbons (Fsp3) is 0.500. The molecule has 2 N–H and O–H groups in total. The van der Waals surface area contributed by atoms with Gasteiger partial charge in [0.1, 0.15) is 0 Å². The van der Waals surface area contributed by atoms with E-state index >= 15 is 0 Å². The highest BCUT2D eigenvalue weighted by atomic mass is 32.2. The molecule has 0 amide bonds. The molecule has 102 valence electrons. The predicted octanol–water partition coefficient (Wildman–Crippen LogP) is 0.721. The Labute approximate surface area is 109 Å². The zero-order valence-corrected chi connectivity index (χ0v) is 11.6. The van der Waals surface area contributed by atoms with Gasteiger partial charge in [0.2, 0.25) is 10.0 Å². The van der Waals surface area contributed by atoms with E-state index in [9.17, 15) is 8.42 Å². The summed E-state index contributed by atoms with van der Waals surface area (Å²) in [5.41, 5.74) is 1.06. The standard InChI is InChI=1S/C12H20N2O3S/c1-3-13-10-11-4-6-12(7-5-11)18(15,16)14-8-9-17-2/h4-7,13-14H,3,8-10H2,1-2H3. The lowest BCUT2D eigenvalue weighted by Gasteiger charge is -2.07. The highest BCUT2D eigenvalue weighted by Gasteiger charge is 2.12. The molecule has 18 heavy (non-hydrogen) atoms. The largest absolute Gasteiger partial charge is 0.383 e. The van der Waals surface area contributed by atoms with Gasteiger partial charge in [-0.05, 0) is 24.2 Å². The van der Waals surface area contributed by atoms with Crippen molar-refractivity contribution in [3.05, 3.63) is 29.8 Å². The molecule has 1 rings (SSSR count). The molecule has 0 aliphatic heterocycles. The van der Waals surface area contributed by atoms with Crippen molar-refractivity contribution in [2.75, 3.05) is 26.8 Å². The summed E-state index contributed by atoms with van der Waals surface area (Å²) in [7, 11) is -1.89. The van der Waals surface area contributed by atoms with Gasteiger partial charge < -0.3 is 10.1 Å². The Morgan fingerprint density at radius 2 is 1.89 bits per heavy atom. The van der Waals surface area contributed by atoms with Gasteiger partial charge in [0.05, 0.1) is 11.5 Å². The maximum Gasteiger partial charge on any atom is 0.240 e. The maximum absolute atomic E-state index is 11.9. The van der Waals surface area contributed by atoms with Crippen LogP contribution in [-0.4, -0.2) is 35.2 Å². The first-order chi connectivity index (χ1) is 8.60. The van der Waals surface area contributed by atoms with Crippen LogP contribution in [-0.2, 0) is 21.3 Å². The predicted molar refractivity (Wildman–Crippen MR) is 70.9 cm³/mol. The Kier molecular flexibility index (Phi) is 6.28. The third-order valence-electron chi connectivity index (χ3n) is 2.41. The van der Waals surface area contributed by atoms with E-state index in [1.807, 2.05) is 19.1 Å². The van der Waals surface area contributed by atoms with E-state index in [1.54, 1.807) is 12.1 Å². The van der Waals surface area contributed by atoms with Gasteiger partial charge in [-0.1, -0.05) is 19.1 Å². The molecule has 0 heterocycles. The van der Waals surface area contributed by atoms with Gasteiger partial charge in [-0.3, -0.25) is 0 Å². The molecule has 1 aromatic rings. The van der Waals surface area contributed by atoms with Gasteiger partial charge in [-0.2, -0.15) is 0 Å². The van der Waals surface area contributed by atoms with Crippen LogP contribution in [0.2, 0.25) is 0 Å². The number of hydrogen-bond acceptors (Lipinski definition) is 4. The minimum atomic E-state index is -3.42. The van der Waals surface area contributed by atoms with Crippen LogP contribution in [0.4, 0.5) is 0 Å². The van der Waals surface area contributed by atoms with E-state index in [1.165, 1.54) is 7.11 Å². The summed E-state index contributed by atoms with van der Waals surface area (Å²) in [6, 6.07) is 6.85. The van der Waals surface area contributed by atoms with E-state index < -0.39 is 10.0 Å². The van der Waals surface area contributed by atoms with Crippen molar-refractivity contribution >= 4 is 10.0 Å². The molecule has 0 saturated carbocycles. The van der Waals surface area contributed by atoms with E-state index in [0.29, 0.717) is 6.61 Å². The number of methoxy groups -OCH3 is 1. The van der Waals surface area contributed by atoms with Crippen LogP contribution < -0.4 is 10.0 Å². The molecule has 5 nitrogen and oxygen atoms in total. The van der Waals surface area contributed by atoms with E-state index in [4.69, 9.17) is 4.74 Å². The first kappa shape index (κ1) is 15.1. The first-order valence-corrected chi connectivity index (χ1v) is 7.36. The van der Waals surface area contributed by atoms with Crippen molar-refractivity contribution in [2.24, 2.45) is 0 Å². The summed E-state index contributed by atoms with van der Waals surface area (Å²) in [5.74, 6) is 0. The molecule has 1 aromatic carbocycles. The Morgan fingerprint density at radius 3 is 2.44 bits per heavy atom. The van der Waals surface area contributed by atoms with E-state index in [0.717, 1.165) is 18.7 Å². The number of sulfonamides is 1. The summed E-state index contributed by atoms with van der Waals surface area (Å²) in [4.78, 5) is 0.277. The second kappa shape index (κ2) is 7.48. The zero-order valence-electron chi connectivity index (χ0n) is 10.8. The average molecular weight is 272 g/mol. The topological polar surface area (TPSA) is 67.4 Å². The number of hydrogen-bond donors (Lipinski definition) is 2. The molecule has 0 aromatic heterocycles. The van der Waals surface area contributed by atoms with Crippen molar-refractivity contribution in [3.63, 3.8) is 0 Å². The Morgan fingerprint density at radius 1 is 1.22 bits per heavy atom. The smallest absolute Gasteiger partial charge is 0.240 e. The minimum Gasteiger partial charge on any atom is -0.383 e. The Hall–Kier alpha value is -0.950. The normalized spacial score (nSPS) is 11.7. The number of ether oxygens (including phenoxy) is 1. The minimum absolute atomic E-state index is 0.276. The number of rotatable bonds is 8. The SMILES string of the molecule is CCNCc1ccc(S(=O)(=O)NCCOC)cc1. The van der Waals surface area contributed by atoms with Crippen molar-refractivity contribution in [1.82, 2.24) is 10.0 Å². The van der Waals surface area contributed by atoms with Crippen LogP contribution in [0.25, 0.3) is 0 Å². The number of benzene rings is 1. The molecule has 0 unspecified atom stereocenters. The van der Waals surface area contributed by atoms with Crippen LogP contribution >= 0.6 is 0 Å². The monoisotopic (exact) mass is 272 g/mol. The van der Waals surface area contributed by atoms with Crippen LogP contribution in [0.5, 0.6) is 0 Å². The number of nitrogens with one attached hydrogen (secondary N) is 2. The Balaban J connectivity index is 2.65. The van der Waals surface area contributed by atoms with Gasteiger partial charge in [-0.15, -0.1) is 0 Å². The van der Waals surface area contributed by atoms with Crippen molar-refractivity contribution < 1.29 is 13.2 Å². The van der Waals surface area contributed by atoms with Crippen LogP contribution in [0.3, 0.4) is 0 Å². The lowest BCUT2D eigenvalue weighted by molar-refractivity contribution is 0.204. The fourth-order valence-corrected chi connectivity index (χ4v) is 2.43. The van der Waals surface area contributed by atoms with Gasteiger partial charge >= 0.3 is 0 Å². The third kappa shape index (κ3) is 4.73. The van der Waals surface area contributed by atoms with Gasteiger partial charge in [0.15, 0.2) is 0 Å². The van der Waals surface area contributed by atoms with Crippen LogP contribution in [0.15, 0.2) is 29.2 Å². The van der Waals surface area contributed by atoms with E-state index in [-0.39, 0.29) is 11.4 Å². The molecule has 0 fully saturated rings. The highest BCUT2D eigenvalue weighted by Crippen LogP contribution is 2.10. The summed E-state index contributed by atoms with van der Waals surface area (Å²) in [5, 5.41) is 3.18. The summed E-state index contributed by atoms with van der Waals surface area (Å²) < 4.78 is 31.0.